The van der Waals surface area contributed by atoms with Crippen LogP contribution in [0.1, 0.15) is 58.8 Å². The van der Waals surface area contributed by atoms with Crippen LogP contribution in [0.15, 0.2) is 0 Å². The first-order valence-corrected chi connectivity index (χ1v) is 8.65. The monoisotopic (exact) mass is 305 g/mol. The highest BCUT2D eigenvalue weighted by Gasteiger charge is 2.63. The van der Waals surface area contributed by atoms with Crippen LogP contribution in [-0.2, 0) is 14.3 Å². The molecule has 0 aromatic heterocycles. The number of nitrogens with zero attached hydrogens (tertiary/aromatic N) is 1. The summed E-state index contributed by atoms with van der Waals surface area (Å²) >= 11 is 0. The summed E-state index contributed by atoms with van der Waals surface area (Å²) in [6.07, 6.45) is 7.71. The highest BCUT2D eigenvalue weighted by molar-refractivity contribution is 5.87. The zero-order valence-corrected chi connectivity index (χ0v) is 14.0. The Bertz CT molecular complexity index is 524. The third-order valence-electron chi connectivity index (χ3n) is 6.83. The van der Waals surface area contributed by atoms with Crippen molar-refractivity contribution in [1.82, 2.24) is 4.90 Å². The number of likely N-dealkylation sites (tertiary alicyclic amines) is 1. The Kier molecular flexibility index (Phi) is 2.82. The van der Waals surface area contributed by atoms with E-state index in [4.69, 9.17) is 4.74 Å². The number of methoxy groups -OCH3 is 1. The Morgan fingerprint density at radius 1 is 1.14 bits per heavy atom. The van der Waals surface area contributed by atoms with Gasteiger partial charge in [-0.3, -0.25) is 9.59 Å². The van der Waals surface area contributed by atoms with Gasteiger partial charge in [0.05, 0.1) is 13.0 Å². The maximum Gasteiger partial charge on any atom is 0.310 e. The molecule has 5 rings (SSSR count). The quantitative estimate of drug-likeness (QED) is 0.737. The van der Waals surface area contributed by atoms with Crippen molar-refractivity contribution < 1.29 is 14.3 Å². The van der Waals surface area contributed by atoms with E-state index in [0.717, 1.165) is 25.2 Å². The summed E-state index contributed by atoms with van der Waals surface area (Å²) in [4.78, 5) is 26.6. The second-order valence-electron chi connectivity index (χ2n) is 9.28. The molecular formula is C18H27NO3. The molecule has 5 aliphatic rings. The van der Waals surface area contributed by atoms with Gasteiger partial charge < -0.3 is 9.64 Å². The van der Waals surface area contributed by atoms with E-state index in [-0.39, 0.29) is 23.3 Å². The zero-order valence-electron chi connectivity index (χ0n) is 14.0. The van der Waals surface area contributed by atoms with Crippen LogP contribution in [0.5, 0.6) is 0 Å². The van der Waals surface area contributed by atoms with Crippen LogP contribution >= 0.6 is 0 Å². The van der Waals surface area contributed by atoms with Gasteiger partial charge in [0.15, 0.2) is 0 Å². The molecule has 4 nitrogen and oxygen atoms in total. The van der Waals surface area contributed by atoms with E-state index in [2.05, 4.69) is 18.7 Å². The van der Waals surface area contributed by atoms with Crippen molar-refractivity contribution >= 4 is 11.9 Å². The number of amides is 1. The second kappa shape index (κ2) is 4.27. The lowest BCUT2D eigenvalue weighted by Crippen LogP contribution is -2.65. The van der Waals surface area contributed by atoms with E-state index < -0.39 is 0 Å². The van der Waals surface area contributed by atoms with Crippen molar-refractivity contribution in [3.63, 3.8) is 0 Å². The fourth-order valence-electron chi connectivity index (χ4n) is 7.18. The molecule has 0 spiro atoms. The molecule has 1 aliphatic heterocycles. The fraction of sp³-hybridized carbons (Fsp3) is 0.889. The maximum atomic E-state index is 12.6. The standard InChI is InChI=1S/C18H27NO3/c1-16-5-12-6-17(2,9-16)11-18(7-12,10-16)19-8-13(4-14(19)20)15(21)22-3/h12-13H,4-11H2,1-3H3/t12?,13-,16-,17-,18?/m0/s1. The number of ether oxygens (including phenoxy) is 1. The molecule has 3 atom stereocenters. The van der Waals surface area contributed by atoms with Gasteiger partial charge in [0.25, 0.3) is 0 Å². The summed E-state index contributed by atoms with van der Waals surface area (Å²) in [5.74, 6) is 0.449. The first kappa shape index (κ1) is 14.5. The van der Waals surface area contributed by atoms with Gasteiger partial charge in [-0.1, -0.05) is 13.8 Å². The first-order chi connectivity index (χ1) is 10.3. The molecule has 5 fully saturated rings. The van der Waals surface area contributed by atoms with Gasteiger partial charge in [0.1, 0.15) is 0 Å². The summed E-state index contributed by atoms with van der Waals surface area (Å²) in [6.45, 7) is 5.41. The van der Waals surface area contributed by atoms with Crippen molar-refractivity contribution in [3.05, 3.63) is 0 Å². The SMILES string of the molecule is COC(=O)[C@H]1CC(=O)N(C23CC4C[C@](C)(C2)C[C@](C)(C4)C3)C1. The zero-order chi connectivity index (χ0) is 15.8. The maximum absolute atomic E-state index is 12.6. The molecule has 122 valence electrons. The molecule has 4 saturated carbocycles. The summed E-state index contributed by atoms with van der Waals surface area (Å²) in [5, 5.41) is 0. The van der Waals surface area contributed by atoms with Crippen LogP contribution in [0, 0.1) is 22.7 Å². The molecule has 1 amide bonds. The minimum Gasteiger partial charge on any atom is -0.469 e. The number of hydrogen-bond acceptors (Lipinski definition) is 3. The third kappa shape index (κ3) is 1.95. The predicted octanol–water partition coefficient (Wildman–Crippen LogP) is 2.76. The van der Waals surface area contributed by atoms with Gasteiger partial charge in [0.2, 0.25) is 5.91 Å². The van der Waals surface area contributed by atoms with Gasteiger partial charge in [-0.15, -0.1) is 0 Å². The number of carbonyl (C=O) groups is 2. The average Bonchev–Trinajstić information content (AvgIpc) is 2.76. The molecule has 4 heteroatoms. The van der Waals surface area contributed by atoms with E-state index in [1.54, 1.807) is 0 Å². The molecule has 1 heterocycles. The molecule has 0 aromatic carbocycles. The highest BCUT2D eigenvalue weighted by Crippen LogP contribution is 2.68. The van der Waals surface area contributed by atoms with Crippen molar-refractivity contribution in [2.24, 2.45) is 22.7 Å². The van der Waals surface area contributed by atoms with E-state index in [0.29, 0.717) is 23.8 Å². The minimum atomic E-state index is -0.258. The Balaban J connectivity index is 1.65. The predicted molar refractivity (Wildman–Crippen MR) is 82.0 cm³/mol. The van der Waals surface area contributed by atoms with E-state index in [1.807, 2.05) is 0 Å². The highest BCUT2D eigenvalue weighted by atomic mass is 16.5. The molecule has 0 N–H and O–H groups in total. The Morgan fingerprint density at radius 2 is 1.77 bits per heavy atom. The van der Waals surface area contributed by atoms with Crippen molar-refractivity contribution in [3.8, 4) is 0 Å². The topological polar surface area (TPSA) is 46.6 Å². The number of hydrogen-bond donors (Lipinski definition) is 0. The summed E-state index contributed by atoms with van der Waals surface area (Å²) in [6, 6.07) is 0. The van der Waals surface area contributed by atoms with Crippen LogP contribution in [-0.4, -0.2) is 36.0 Å². The lowest BCUT2D eigenvalue weighted by molar-refractivity contribution is -0.170. The number of carbonyl (C=O) groups excluding carboxylic acids is 2. The van der Waals surface area contributed by atoms with Gasteiger partial charge in [-0.2, -0.15) is 0 Å². The fourth-order valence-corrected chi connectivity index (χ4v) is 7.18. The van der Waals surface area contributed by atoms with Crippen LogP contribution < -0.4 is 0 Å². The van der Waals surface area contributed by atoms with E-state index in [9.17, 15) is 9.59 Å². The first-order valence-electron chi connectivity index (χ1n) is 8.65. The average molecular weight is 305 g/mol. The van der Waals surface area contributed by atoms with Crippen LogP contribution in [0.4, 0.5) is 0 Å². The van der Waals surface area contributed by atoms with Gasteiger partial charge in [-0.25, -0.2) is 0 Å². The third-order valence-corrected chi connectivity index (χ3v) is 6.83. The number of rotatable bonds is 2. The number of esters is 1. The van der Waals surface area contributed by atoms with Crippen molar-refractivity contribution in [2.75, 3.05) is 13.7 Å². The Labute approximate surface area is 132 Å². The van der Waals surface area contributed by atoms with E-state index in [1.165, 1.54) is 26.4 Å². The van der Waals surface area contributed by atoms with Crippen molar-refractivity contribution in [1.29, 1.82) is 0 Å². The Morgan fingerprint density at radius 3 is 2.32 bits per heavy atom. The molecule has 0 aromatic rings. The molecular weight excluding hydrogens is 278 g/mol. The van der Waals surface area contributed by atoms with Gasteiger partial charge in [-0.05, 0) is 55.3 Å². The van der Waals surface area contributed by atoms with E-state index >= 15 is 0 Å². The summed E-state index contributed by atoms with van der Waals surface area (Å²) < 4.78 is 4.87. The lowest BCUT2D eigenvalue weighted by Gasteiger charge is -2.67. The van der Waals surface area contributed by atoms with Crippen LogP contribution in [0.25, 0.3) is 0 Å². The molecule has 0 radical (unpaired) electrons. The molecule has 0 unspecified atom stereocenters. The summed E-state index contributed by atoms with van der Waals surface area (Å²) in [5.41, 5.74) is 0.790. The molecule has 4 aliphatic carbocycles. The normalized spacial score (nSPS) is 49.8. The molecule has 22 heavy (non-hydrogen) atoms. The lowest BCUT2D eigenvalue weighted by atomic mass is 9.42. The Hall–Kier alpha value is -1.06. The molecule has 1 saturated heterocycles. The second-order valence-corrected chi connectivity index (χ2v) is 9.28. The smallest absolute Gasteiger partial charge is 0.310 e. The van der Waals surface area contributed by atoms with Crippen LogP contribution in [0.2, 0.25) is 0 Å². The van der Waals surface area contributed by atoms with Gasteiger partial charge in [0, 0.05) is 18.5 Å². The molecule has 4 bridgehead atoms. The van der Waals surface area contributed by atoms with Crippen LogP contribution in [0.3, 0.4) is 0 Å². The van der Waals surface area contributed by atoms with Gasteiger partial charge >= 0.3 is 5.97 Å². The minimum absolute atomic E-state index is 0.0166. The van der Waals surface area contributed by atoms with Crippen molar-refractivity contribution in [2.45, 2.75) is 64.3 Å². The largest absolute Gasteiger partial charge is 0.469 e. The summed E-state index contributed by atoms with van der Waals surface area (Å²) in [7, 11) is 1.42.